The Morgan fingerprint density at radius 2 is 2.12 bits per heavy atom. The lowest BCUT2D eigenvalue weighted by Gasteiger charge is -2.25. The summed E-state index contributed by atoms with van der Waals surface area (Å²) in [5, 5.41) is 8.16. The maximum Gasteiger partial charge on any atom is 0.0641 e. The molecule has 0 saturated heterocycles. The predicted molar refractivity (Wildman–Crippen MR) is 71.0 cm³/mol. The van der Waals surface area contributed by atoms with Crippen LogP contribution in [0, 0.1) is 19.8 Å². The normalized spacial score (nSPS) is 16.2. The molecule has 1 fully saturated rings. The Bertz CT molecular complexity index is 364. The Morgan fingerprint density at radius 1 is 1.35 bits per heavy atom. The van der Waals surface area contributed by atoms with Crippen LogP contribution >= 0.6 is 0 Å². The number of rotatable bonds is 6. The fourth-order valence-corrected chi connectivity index (χ4v) is 2.48. The van der Waals surface area contributed by atoms with Crippen LogP contribution in [0.3, 0.4) is 0 Å². The van der Waals surface area contributed by atoms with E-state index < -0.39 is 0 Å². The Morgan fingerprint density at radius 3 is 2.71 bits per heavy atom. The number of hydrogen-bond acceptors (Lipinski definition) is 2. The quantitative estimate of drug-likeness (QED) is 0.768. The van der Waals surface area contributed by atoms with Gasteiger partial charge in [-0.05, 0) is 45.6 Å². The van der Waals surface area contributed by atoms with E-state index in [-0.39, 0.29) is 0 Å². The molecule has 0 amide bonds. The smallest absolute Gasteiger partial charge is 0.0641 e. The maximum absolute atomic E-state index is 4.69. The van der Waals surface area contributed by atoms with Gasteiger partial charge in [0.2, 0.25) is 0 Å². The van der Waals surface area contributed by atoms with Crippen LogP contribution in [0.15, 0.2) is 0 Å². The molecule has 3 heteroatoms. The van der Waals surface area contributed by atoms with Crippen LogP contribution < -0.4 is 5.32 Å². The van der Waals surface area contributed by atoms with E-state index in [0.29, 0.717) is 0 Å². The van der Waals surface area contributed by atoms with E-state index in [0.717, 1.165) is 25.6 Å². The molecule has 0 unspecified atom stereocenters. The number of aromatic nitrogens is 2. The van der Waals surface area contributed by atoms with Gasteiger partial charge in [0.1, 0.15) is 0 Å². The van der Waals surface area contributed by atoms with Crippen molar-refractivity contribution in [3.8, 4) is 0 Å². The van der Waals surface area contributed by atoms with E-state index in [1.807, 2.05) is 0 Å². The molecule has 1 N–H and O–H groups in total. The van der Waals surface area contributed by atoms with E-state index in [1.165, 1.54) is 42.6 Å². The molecule has 1 aliphatic carbocycles. The summed E-state index contributed by atoms with van der Waals surface area (Å²) < 4.78 is 2.22. The van der Waals surface area contributed by atoms with Crippen molar-refractivity contribution in [2.24, 2.45) is 5.92 Å². The summed E-state index contributed by atoms with van der Waals surface area (Å²) in [6.45, 7) is 9.73. The number of hydrogen-bond donors (Lipinski definition) is 1. The van der Waals surface area contributed by atoms with Crippen LogP contribution in [0.25, 0.3) is 0 Å². The largest absolute Gasteiger partial charge is 0.313 e. The zero-order valence-corrected chi connectivity index (χ0v) is 11.4. The van der Waals surface area contributed by atoms with E-state index in [2.05, 4.69) is 35.9 Å². The predicted octanol–water partition coefficient (Wildman–Crippen LogP) is 2.80. The molecule has 1 aliphatic rings. The zero-order valence-electron chi connectivity index (χ0n) is 11.4. The molecule has 1 aromatic heterocycles. The molecule has 3 nitrogen and oxygen atoms in total. The van der Waals surface area contributed by atoms with Crippen molar-refractivity contribution in [2.75, 3.05) is 6.54 Å². The van der Waals surface area contributed by atoms with Gasteiger partial charge in [-0.1, -0.05) is 13.3 Å². The summed E-state index contributed by atoms with van der Waals surface area (Å²) in [5.41, 5.74) is 3.96. The molecule has 17 heavy (non-hydrogen) atoms. The van der Waals surface area contributed by atoms with Gasteiger partial charge in [0.25, 0.3) is 0 Å². The van der Waals surface area contributed by atoms with Gasteiger partial charge in [-0.2, -0.15) is 5.10 Å². The molecule has 1 aromatic rings. The molecule has 0 bridgehead atoms. The van der Waals surface area contributed by atoms with Crippen molar-refractivity contribution < 1.29 is 0 Å². The lowest BCUT2D eigenvalue weighted by Crippen LogP contribution is -2.20. The van der Waals surface area contributed by atoms with Gasteiger partial charge >= 0.3 is 0 Å². The summed E-state index contributed by atoms with van der Waals surface area (Å²) in [7, 11) is 0. The zero-order chi connectivity index (χ0) is 12.3. The van der Waals surface area contributed by atoms with E-state index >= 15 is 0 Å². The first-order chi connectivity index (χ1) is 8.22. The van der Waals surface area contributed by atoms with E-state index in [4.69, 9.17) is 0 Å². The van der Waals surface area contributed by atoms with Crippen LogP contribution in [0.4, 0.5) is 0 Å². The van der Waals surface area contributed by atoms with Gasteiger partial charge in [-0.25, -0.2) is 0 Å². The molecule has 0 radical (unpaired) electrons. The van der Waals surface area contributed by atoms with E-state index in [1.54, 1.807) is 0 Å². The fourth-order valence-electron chi connectivity index (χ4n) is 2.48. The van der Waals surface area contributed by atoms with Gasteiger partial charge < -0.3 is 5.32 Å². The standard InChI is InChI=1S/C14H25N3/c1-4-8-15-9-14-11(2)16-17(12(14)3)10-13-6-5-7-13/h13,15H,4-10H2,1-3H3. The SMILES string of the molecule is CCCNCc1c(C)nn(CC2CCC2)c1C. The summed E-state index contributed by atoms with van der Waals surface area (Å²) in [6.07, 6.45) is 5.38. The van der Waals surface area contributed by atoms with Crippen LogP contribution in [-0.2, 0) is 13.1 Å². The molecule has 1 saturated carbocycles. The van der Waals surface area contributed by atoms with Crippen LogP contribution in [0.5, 0.6) is 0 Å². The number of aryl methyl sites for hydroxylation is 1. The number of nitrogens with zero attached hydrogens (tertiary/aromatic N) is 2. The minimum atomic E-state index is 0.879. The molecule has 96 valence electrons. The first-order valence-corrected chi connectivity index (χ1v) is 6.96. The van der Waals surface area contributed by atoms with E-state index in [9.17, 15) is 0 Å². The van der Waals surface area contributed by atoms with Crippen molar-refractivity contribution in [3.63, 3.8) is 0 Å². The highest BCUT2D eigenvalue weighted by molar-refractivity contribution is 5.24. The molecule has 0 spiro atoms. The molecule has 0 aliphatic heterocycles. The molecule has 2 rings (SSSR count). The van der Waals surface area contributed by atoms with Gasteiger partial charge in [-0.3, -0.25) is 4.68 Å². The third-order valence-corrected chi connectivity index (χ3v) is 3.92. The minimum Gasteiger partial charge on any atom is -0.313 e. The van der Waals surface area contributed by atoms with Crippen molar-refractivity contribution in [1.29, 1.82) is 0 Å². The fraction of sp³-hybridized carbons (Fsp3) is 0.786. The Kier molecular flexibility index (Phi) is 4.21. The Labute approximate surface area is 105 Å². The summed E-state index contributed by atoms with van der Waals surface area (Å²) in [5.74, 6) is 0.879. The Balaban J connectivity index is 1.99. The highest BCUT2D eigenvalue weighted by Gasteiger charge is 2.20. The minimum absolute atomic E-state index is 0.879. The average Bonchev–Trinajstić information content (AvgIpc) is 2.51. The summed E-state index contributed by atoms with van der Waals surface area (Å²) in [6, 6.07) is 0. The second kappa shape index (κ2) is 5.67. The third kappa shape index (κ3) is 2.89. The molecular weight excluding hydrogens is 210 g/mol. The first-order valence-electron chi connectivity index (χ1n) is 6.96. The van der Waals surface area contributed by atoms with Crippen LogP contribution in [0.1, 0.15) is 49.6 Å². The number of nitrogens with one attached hydrogen (secondary N) is 1. The molecule has 0 aromatic carbocycles. The topological polar surface area (TPSA) is 29.9 Å². The van der Waals surface area contributed by atoms with Crippen molar-refractivity contribution >= 4 is 0 Å². The highest BCUT2D eigenvalue weighted by Crippen LogP contribution is 2.28. The Hall–Kier alpha value is -0.830. The van der Waals surface area contributed by atoms with Crippen molar-refractivity contribution in [3.05, 3.63) is 17.0 Å². The van der Waals surface area contributed by atoms with Gasteiger partial charge in [0, 0.05) is 24.3 Å². The molecule has 1 heterocycles. The van der Waals surface area contributed by atoms with Gasteiger partial charge in [-0.15, -0.1) is 0 Å². The third-order valence-electron chi connectivity index (χ3n) is 3.92. The lowest BCUT2D eigenvalue weighted by atomic mass is 9.85. The highest BCUT2D eigenvalue weighted by atomic mass is 15.3. The summed E-state index contributed by atoms with van der Waals surface area (Å²) in [4.78, 5) is 0. The van der Waals surface area contributed by atoms with Gasteiger partial charge in [0.15, 0.2) is 0 Å². The molecular formula is C14H25N3. The first kappa shape index (κ1) is 12.6. The monoisotopic (exact) mass is 235 g/mol. The lowest BCUT2D eigenvalue weighted by molar-refractivity contribution is 0.264. The van der Waals surface area contributed by atoms with Crippen molar-refractivity contribution in [2.45, 2.75) is 59.5 Å². The second-order valence-corrected chi connectivity index (χ2v) is 5.31. The molecule has 0 atom stereocenters. The van der Waals surface area contributed by atoms with Gasteiger partial charge in [0.05, 0.1) is 5.69 Å². The van der Waals surface area contributed by atoms with Crippen molar-refractivity contribution in [1.82, 2.24) is 15.1 Å². The van der Waals surface area contributed by atoms with Crippen LogP contribution in [-0.4, -0.2) is 16.3 Å². The summed E-state index contributed by atoms with van der Waals surface area (Å²) >= 11 is 0. The maximum atomic E-state index is 4.69. The average molecular weight is 235 g/mol. The second-order valence-electron chi connectivity index (χ2n) is 5.31. The van der Waals surface area contributed by atoms with Crippen LogP contribution in [0.2, 0.25) is 0 Å².